The van der Waals surface area contributed by atoms with Crippen molar-refractivity contribution in [3.05, 3.63) is 60.2 Å². The molecule has 0 spiro atoms. The third kappa shape index (κ3) is 2.33. The number of aromatic nitrogens is 4. The minimum Gasteiger partial charge on any atom is -0.373 e. The third-order valence-electron chi connectivity index (χ3n) is 5.47. The van der Waals surface area contributed by atoms with Crippen LogP contribution < -0.4 is 4.90 Å². The molecule has 26 heavy (non-hydrogen) atoms. The zero-order chi connectivity index (χ0) is 17.7. The number of nitrogens with one attached hydrogen (secondary N) is 1. The van der Waals surface area contributed by atoms with E-state index in [-0.39, 0.29) is 0 Å². The molecule has 2 aliphatic rings. The monoisotopic (exact) mass is 346 g/mol. The Hall–Kier alpha value is -3.02. The number of anilines is 2. The van der Waals surface area contributed by atoms with Gasteiger partial charge in [0.15, 0.2) is 5.82 Å². The van der Waals surface area contributed by atoms with Crippen molar-refractivity contribution < 1.29 is 0 Å². The molecule has 2 aromatic heterocycles. The summed E-state index contributed by atoms with van der Waals surface area (Å²) >= 11 is 0. The predicted molar refractivity (Wildman–Crippen MR) is 102 cm³/mol. The number of hydrogen-bond donors (Lipinski definition) is 1. The Morgan fingerprint density at radius 2 is 2.12 bits per heavy atom. The molecule has 0 saturated carbocycles. The van der Waals surface area contributed by atoms with Crippen LogP contribution in [0.4, 0.5) is 11.5 Å². The van der Waals surface area contributed by atoms with Crippen LogP contribution in [0.2, 0.25) is 0 Å². The molecule has 6 nitrogen and oxygen atoms in total. The standard InChI is InChI=1S/C20H22N6/c1-3-25-8-7-18-17(13-25)20(23-22-18)26-9-6-15-10-14(4-5-19(15)26)16-11-21-24(2)12-16/h3-5,10-12H,1,6-9,13H2,2H3,(H,22,23). The second-order valence-electron chi connectivity index (χ2n) is 7.06. The lowest BCUT2D eigenvalue weighted by molar-refractivity contribution is 0.352. The first-order valence-electron chi connectivity index (χ1n) is 9.05. The van der Waals surface area contributed by atoms with Gasteiger partial charge in [-0.15, -0.1) is 0 Å². The van der Waals surface area contributed by atoms with Crippen molar-refractivity contribution in [3.8, 4) is 11.1 Å². The summed E-state index contributed by atoms with van der Waals surface area (Å²) in [6.07, 6.45) is 7.94. The molecule has 4 heterocycles. The third-order valence-corrected chi connectivity index (χ3v) is 5.47. The first-order chi connectivity index (χ1) is 12.7. The Morgan fingerprint density at radius 1 is 1.19 bits per heavy atom. The van der Waals surface area contributed by atoms with E-state index >= 15 is 0 Å². The van der Waals surface area contributed by atoms with Crippen LogP contribution in [0.15, 0.2) is 43.4 Å². The van der Waals surface area contributed by atoms with E-state index in [4.69, 9.17) is 0 Å². The minimum absolute atomic E-state index is 0.879. The highest BCUT2D eigenvalue weighted by Crippen LogP contribution is 2.39. The number of rotatable bonds is 3. The first kappa shape index (κ1) is 15.3. The van der Waals surface area contributed by atoms with Gasteiger partial charge in [-0.05, 0) is 35.9 Å². The molecule has 0 radical (unpaired) electrons. The van der Waals surface area contributed by atoms with Gasteiger partial charge in [0.2, 0.25) is 0 Å². The van der Waals surface area contributed by atoms with Gasteiger partial charge in [0.05, 0.1) is 6.20 Å². The van der Waals surface area contributed by atoms with Gasteiger partial charge in [-0.2, -0.15) is 10.2 Å². The van der Waals surface area contributed by atoms with E-state index < -0.39 is 0 Å². The average Bonchev–Trinajstić information content (AvgIpc) is 3.38. The van der Waals surface area contributed by atoms with Gasteiger partial charge in [0, 0.05) is 61.8 Å². The summed E-state index contributed by atoms with van der Waals surface area (Å²) in [4.78, 5) is 4.61. The Kier molecular flexibility index (Phi) is 3.38. The molecule has 132 valence electrons. The molecule has 5 rings (SSSR count). The highest BCUT2D eigenvalue weighted by Gasteiger charge is 2.28. The number of benzene rings is 1. The Labute approximate surface area is 152 Å². The van der Waals surface area contributed by atoms with E-state index in [0.29, 0.717) is 0 Å². The van der Waals surface area contributed by atoms with Crippen LogP contribution in [0, 0.1) is 0 Å². The van der Waals surface area contributed by atoms with Crippen molar-refractivity contribution in [1.29, 1.82) is 0 Å². The molecule has 1 aromatic carbocycles. The van der Waals surface area contributed by atoms with Crippen LogP contribution in [0.5, 0.6) is 0 Å². The lowest BCUT2D eigenvalue weighted by atomic mass is 10.0. The van der Waals surface area contributed by atoms with E-state index in [2.05, 4.69) is 56.1 Å². The average molecular weight is 346 g/mol. The van der Waals surface area contributed by atoms with Gasteiger partial charge >= 0.3 is 0 Å². The van der Waals surface area contributed by atoms with Crippen LogP contribution >= 0.6 is 0 Å². The quantitative estimate of drug-likeness (QED) is 0.792. The molecule has 3 aromatic rings. The van der Waals surface area contributed by atoms with Gasteiger partial charge in [0.25, 0.3) is 0 Å². The summed E-state index contributed by atoms with van der Waals surface area (Å²) in [7, 11) is 1.95. The number of fused-ring (bicyclic) bond motifs is 2. The van der Waals surface area contributed by atoms with Gasteiger partial charge in [-0.25, -0.2) is 0 Å². The van der Waals surface area contributed by atoms with E-state index in [1.807, 2.05) is 24.1 Å². The summed E-state index contributed by atoms with van der Waals surface area (Å²) in [5.74, 6) is 1.07. The maximum Gasteiger partial charge on any atom is 0.160 e. The molecular formula is C20H22N6. The van der Waals surface area contributed by atoms with Crippen molar-refractivity contribution in [1.82, 2.24) is 24.9 Å². The van der Waals surface area contributed by atoms with Crippen molar-refractivity contribution in [2.24, 2.45) is 7.05 Å². The fourth-order valence-corrected chi connectivity index (χ4v) is 4.05. The van der Waals surface area contributed by atoms with Gasteiger partial charge < -0.3 is 9.80 Å². The molecule has 0 bridgehead atoms. The Bertz CT molecular complexity index is 982. The van der Waals surface area contributed by atoms with Crippen LogP contribution in [0.3, 0.4) is 0 Å². The zero-order valence-electron chi connectivity index (χ0n) is 14.9. The smallest absolute Gasteiger partial charge is 0.160 e. The topological polar surface area (TPSA) is 53.0 Å². The first-order valence-corrected chi connectivity index (χ1v) is 9.05. The van der Waals surface area contributed by atoms with E-state index in [1.165, 1.54) is 28.1 Å². The largest absolute Gasteiger partial charge is 0.373 e. The Morgan fingerprint density at radius 3 is 2.92 bits per heavy atom. The SMILES string of the molecule is C=CN1CCc2[nH]nc(N3CCc4cc(-c5cnn(C)c5)ccc43)c2C1. The molecule has 0 atom stereocenters. The van der Waals surface area contributed by atoms with E-state index in [9.17, 15) is 0 Å². The van der Waals surface area contributed by atoms with Crippen LogP contribution in [0.25, 0.3) is 11.1 Å². The summed E-state index contributed by atoms with van der Waals surface area (Å²) in [5, 5.41) is 12.2. The maximum absolute atomic E-state index is 4.66. The Balaban J connectivity index is 1.50. The van der Waals surface area contributed by atoms with Gasteiger partial charge in [-0.3, -0.25) is 9.78 Å². The van der Waals surface area contributed by atoms with Crippen molar-refractivity contribution >= 4 is 11.5 Å². The molecule has 6 heteroatoms. The number of hydrogen-bond acceptors (Lipinski definition) is 4. The molecular weight excluding hydrogens is 324 g/mol. The number of H-pyrrole nitrogens is 1. The molecule has 0 aliphatic carbocycles. The normalized spacial score (nSPS) is 15.9. The van der Waals surface area contributed by atoms with Gasteiger partial charge in [0.1, 0.15) is 0 Å². The summed E-state index contributed by atoms with van der Waals surface area (Å²) in [6, 6.07) is 6.70. The fraction of sp³-hybridized carbons (Fsp3) is 0.300. The zero-order valence-corrected chi connectivity index (χ0v) is 14.9. The lowest BCUT2D eigenvalue weighted by Crippen LogP contribution is -2.26. The van der Waals surface area contributed by atoms with E-state index in [0.717, 1.165) is 43.9 Å². The van der Waals surface area contributed by atoms with Crippen LogP contribution in [0.1, 0.15) is 16.8 Å². The van der Waals surface area contributed by atoms with Crippen molar-refractivity contribution in [2.45, 2.75) is 19.4 Å². The summed E-state index contributed by atoms with van der Waals surface area (Å²) < 4.78 is 1.84. The highest BCUT2D eigenvalue weighted by atomic mass is 15.3. The second-order valence-corrected chi connectivity index (χ2v) is 7.06. The summed E-state index contributed by atoms with van der Waals surface area (Å²) in [6.45, 7) is 6.77. The van der Waals surface area contributed by atoms with Crippen LogP contribution in [-0.2, 0) is 26.4 Å². The van der Waals surface area contributed by atoms with E-state index in [1.54, 1.807) is 0 Å². The molecule has 2 aliphatic heterocycles. The molecule has 0 unspecified atom stereocenters. The second kappa shape index (κ2) is 5.76. The predicted octanol–water partition coefficient (Wildman–Crippen LogP) is 3.01. The molecule has 1 N–H and O–H groups in total. The fourth-order valence-electron chi connectivity index (χ4n) is 4.05. The van der Waals surface area contributed by atoms with Crippen molar-refractivity contribution in [2.75, 3.05) is 18.0 Å². The maximum atomic E-state index is 4.66. The van der Waals surface area contributed by atoms with Gasteiger partial charge in [-0.1, -0.05) is 12.6 Å². The minimum atomic E-state index is 0.879. The lowest BCUT2D eigenvalue weighted by Gasteiger charge is -2.27. The highest BCUT2D eigenvalue weighted by molar-refractivity contribution is 5.75. The number of aromatic amines is 1. The van der Waals surface area contributed by atoms with Crippen molar-refractivity contribution in [3.63, 3.8) is 0 Å². The summed E-state index contributed by atoms with van der Waals surface area (Å²) in [5.41, 5.74) is 7.59. The number of aryl methyl sites for hydroxylation is 1. The number of nitrogens with zero attached hydrogens (tertiary/aromatic N) is 5. The van der Waals surface area contributed by atoms with Crippen LogP contribution in [-0.4, -0.2) is 38.0 Å². The molecule has 0 saturated heterocycles. The molecule has 0 fully saturated rings. The molecule has 0 amide bonds.